The molecule has 2 rings (SSSR count). The Morgan fingerprint density at radius 3 is 1.81 bits per heavy atom. The Morgan fingerprint density at radius 2 is 1.38 bits per heavy atom. The Labute approximate surface area is 124 Å². The lowest BCUT2D eigenvalue weighted by Gasteiger charge is -2.18. The number of rotatable bonds is 3. The Balaban J connectivity index is 0.000000677. The zero-order valence-electron chi connectivity index (χ0n) is 12.1. The molecular formula is C16H19N3O2. The van der Waals surface area contributed by atoms with Crippen LogP contribution in [-0.2, 0) is 10.3 Å². The monoisotopic (exact) mass is 285 g/mol. The van der Waals surface area contributed by atoms with E-state index in [9.17, 15) is 0 Å². The lowest BCUT2D eigenvalue weighted by atomic mass is 9.96. The number of hydrogen-bond donors (Lipinski definition) is 2. The van der Waals surface area contributed by atoms with Crippen LogP contribution in [0, 0.1) is 0 Å². The van der Waals surface area contributed by atoms with Crippen LogP contribution in [0.25, 0.3) is 0 Å². The molecule has 2 aromatic carbocycles. The normalized spacial score (nSPS) is 10.8. The Morgan fingerprint density at radius 1 is 0.952 bits per heavy atom. The molecule has 110 valence electrons. The molecule has 5 heteroatoms. The molecular weight excluding hydrogens is 266 g/mol. The zero-order valence-corrected chi connectivity index (χ0v) is 12.1. The van der Waals surface area contributed by atoms with Crippen LogP contribution in [0.2, 0.25) is 0 Å². The number of carbonyl (C=O) groups is 1. The second kappa shape index (κ2) is 7.91. The Kier molecular flexibility index (Phi) is 6.23. The van der Waals surface area contributed by atoms with Gasteiger partial charge in [-0.1, -0.05) is 30.3 Å². The summed E-state index contributed by atoms with van der Waals surface area (Å²) < 4.78 is 0. The van der Waals surface area contributed by atoms with Crippen LogP contribution >= 0.6 is 0 Å². The maximum absolute atomic E-state index is 8.36. The van der Waals surface area contributed by atoms with Gasteiger partial charge in [-0.05, 0) is 43.7 Å². The summed E-state index contributed by atoms with van der Waals surface area (Å²) in [5.74, 6) is 0. The molecule has 0 bridgehead atoms. The highest BCUT2D eigenvalue weighted by atomic mass is 16.3. The van der Waals surface area contributed by atoms with Crippen molar-refractivity contribution in [3.63, 3.8) is 0 Å². The molecule has 5 nitrogen and oxygen atoms in total. The summed E-state index contributed by atoms with van der Waals surface area (Å²) >= 11 is 0. The van der Waals surface area contributed by atoms with Crippen LogP contribution in [0.1, 0.15) is 19.4 Å². The molecule has 21 heavy (non-hydrogen) atoms. The molecule has 0 saturated carbocycles. The minimum atomic E-state index is -0.324. The van der Waals surface area contributed by atoms with Crippen molar-refractivity contribution < 1.29 is 9.90 Å². The third kappa shape index (κ3) is 5.97. The Hall–Kier alpha value is -2.53. The van der Waals surface area contributed by atoms with Gasteiger partial charge in [0.25, 0.3) is 6.47 Å². The predicted octanol–water partition coefficient (Wildman–Crippen LogP) is 4.00. The van der Waals surface area contributed by atoms with Crippen molar-refractivity contribution in [2.45, 2.75) is 19.4 Å². The first-order chi connectivity index (χ1) is 9.97. The van der Waals surface area contributed by atoms with Gasteiger partial charge < -0.3 is 10.8 Å². The van der Waals surface area contributed by atoms with Crippen molar-refractivity contribution in [3.8, 4) is 0 Å². The minimum Gasteiger partial charge on any atom is -0.483 e. The van der Waals surface area contributed by atoms with Gasteiger partial charge in [0.15, 0.2) is 0 Å². The first kappa shape index (κ1) is 16.5. The number of nitrogens with zero attached hydrogens (tertiary/aromatic N) is 2. The summed E-state index contributed by atoms with van der Waals surface area (Å²) in [7, 11) is 0. The van der Waals surface area contributed by atoms with E-state index in [0.717, 1.165) is 16.9 Å². The fourth-order valence-corrected chi connectivity index (χ4v) is 1.57. The van der Waals surface area contributed by atoms with E-state index >= 15 is 0 Å². The van der Waals surface area contributed by atoms with Crippen LogP contribution < -0.4 is 5.73 Å². The molecule has 0 aliphatic rings. The van der Waals surface area contributed by atoms with E-state index < -0.39 is 0 Å². The van der Waals surface area contributed by atoms with Gasteiger partial charge in [0.2, 0.25) is 0 Å². The van der Waals surface area contributed by atoms with Gasteiger partial charge >= 0.3 is 0 Å². The maximum atomic E-state index is 8.36. The fourth-order valence-electron chi connectivity index (χ4n) is 1.57. The number of nitrogens with two attached hydrogens (primary N) is 1. The van der Waals surface area contributed by atoms with E-state index in [-0.39, 0.29) is 12.0 Å². The molecule has 0 heterocycles. The van der Waals surface area contributed by atoms with Crippen LogP contribution in [0.15, 0.2) is 64.8 Å². The highest BCUT2D eigenvalue weighted by Gasteiger charge is 2.12. The van der Waals surface area contributed by atoms with E-state index in [1.807, 2.05) is 68.4 Å². The van der Waals surface area contributed by atoms with Crippen molar-refractivity contribution in [1.29, 1.82) is 0 Å². The van der Waals surface area contributed by atoms with Crippen LogP contribution in [0.4, 0.5) is 11.4 Å². The molecule has 0 aromatic heterocycles. The van der Waals surface area contributed by atoms with Crippen molar-refractivity contribution in [2.75, 3.05) is 0 Å². The van der Waals surface area contributed by atoms with Gasteiger partial charge in [-0.2, -0.15) is 10.2 Å². The Bertz CT molecular complexity index is 573. The van der Waals surface area contributed by atoms with E-state index in [4.69, 9.17) is 15.6 Å². The standard InChI is InChI=1S/C15H17N3.CH2O2/c1-15(2,16)12-8-10-14(11-9-12)18-17-13-6-4-3-5-7-13;2-1-3/h3-11H,16H2,1-2H3;1H,(H,2,3). The second-order valence-corrected chi connectivity index (χ2v) is 4.91. The summed E-state index contributed by atoms with van der Waals surface area (Å²) in [6.07, 6.45) is 0. The number of carboxylic acid groups (broad SMARTS) is 1. The van der Waals surface area contributed by atoms with Gasteiger partial charge in [-0.15, -0.1) is 0 Å². The average Bonchev–Trinajstić information content (AvgIpc) is 2.47. The first-order valence-corrected chi connectivity index (χ1v) is 6.41. The third-order valence-electron chi connectivity index (χ3n) is 2.65. The molecule has 0 aliphatic carbocycles. The molecule has 0 radical (unpaired) electrons. The number of azo groups is 1. The summed E-state index contributed by atoms with van der Waals surface area (Å²) in [6, 6.07) is 17.5. The molecule has 0 unspecified atom stereocenters. The largest absolute Gasteiger partial charge is 0.483 e. The molecule has 0 saturated heterocycles. The summed E-state index contributed by atoms with van der Waals surface area (Å²) in [6.45, 7) is 3.71. The average molecular weight is 285 g/mol. The zero-order chi connectivity index (χ0) is 15.7. The maximum Gasteiger partial charge on any atom is 0.290 e. The SMILES string of the molecule is CC(C)(N)c1ccc(N=Nc2ccccc2)cc1.O=CO. The van der Waals surface area contributed by atoms with Crippen molar-refractivity contribution in [2.24, 2.45) is 16.0 Å². The molecule has 0 atom stereocenters. The fraction of sp³-hybridized carbons (Fsp3) is 0.188. The number of hydrogen-bond acceptors (Lipinski definition) is 4. The molecule has 0 fully saturated rings. The lowest BCUT2D eigenvalue weighted by Crippen LogP contribution is -2.28. The lowest BCUT2D eigenvalue weighted by molar-refractivity contribution is -0.122. The van der Waals surface area contributed by atoms with Crippen molar-refractivity contribution in [1.82, 2.24) is 0 Å². The quantitative estimate of drug-likeness (QED) is 0.660. The third-order valence-corrected chi connectivity index (χ3v) is 2.65. The van der Waals surface area contributed by atoms with Gasteiger partial charge in [0.05, 0.1) is 11.4 Å². The summed E-state index contributed by atoms with van der Waals surface area (Å²) in [5, 5.41) is 15.2. The van der Waals surface area contributed by atoms with Crippen LogP contribution in [0.5, 0.6) is 0 Å². The minimum absolute atomic E-state index is 0.250. The predicted molar refractivity (Wildman–Crippen MR) is 83.0 cm³/mol. The molecule has 3 N–H and O–H groups in total. The summed E-state index contributed by atoms with van der Waals surface area (Å²) in [5.41, 5.74) is 8.45. The van der Waals surface area contributed by atoms with E-state index in [2.05, 4.69) is 10.2 Å². The van der Waals surface area contributed by atoms with E-state index in [1.165, 1.54) is 0 Å². The van der Waals surface area contributed by atoms with Gasteiger partial charge in [-0.3, -0.25) is 4.79 Å². The smallest absolute Gasteiger partial charge is 0.290 e. The highest BCUT2D eigenvalue weighted by molar-refractivity contribution is 5.42. The van der Waals surface area contributed by atoms with Crippen molar-refractivity contribution >= 4 is 17.8 Å². The molecule has 0 aliphatic heterocycles. The topological polar surface area (TPSA) is 88.0 Å². The highest BCUT2D eigenvalue weighted by Crippen LogP contribution is 2.22. The van der Waals surface area contributed by atoms with Gasteiger partial charge in [-0.25, -0.2) is 0 Å². The van der Waals surface area contributed by atoms with Crippen LogP contribution in [0.3, 0.4) is 0 Å². The van der Waals surface area contributed by atoms with Gasteiger partial charge in [0.1, 0.15) is 0 Å². The molecule has 0 amide bonds. The van der Waals surface area contributed by atoms with E-state index in [1.54, 1.807) is 0 Å². The first-order valence-electron chi connectivity index (χ1n) is 6.41. The number of benzene rings is 2. The van der Waals surface area contributed by atoms with Crippen LogP contribution in [-0.4, -0.2) is 11.6 Å². The van der Waals surface area contributed by atoms with Crippen molar-refractivity contribution in [3.05, 3.63) is 60.2 Å². The molecule has 2 aromatic rings. The van der Waals surface area contributed by atoms with E-state index in [0.29, 0.717) is 0 Å². The second-order valence-electron chi connectivity index (χ2n) is 4.91. The summed E-state index contributed by atoms with van der Waals surface area (Å²) in [4.78, 5) is 8.36. The molecule has 0 spiro atoms. The van der Waals surface area contributed by atoms with Gasteiger partial charge in [0, 0.05) is 5.54 Å².